The molecule has 0 saturated carbocycles. The highest BCUT2D eigenvalue weighted by atomic mass is 16.1. The molecule has 3 heterocycles. The Kier molecular flexibility index (Phi) is 3.90. The van der Waals surface area contributed by atoms with Gasteiger partial charge in [0.15, 0.2) is 0 Å². The van der Waals surface area contributed by atoms with E-state index in [1.165, 1.54) is 30.4 Å². The van der Waals surface area contributed by atoms with Gasteiger partial charge < -0.3 is 9.80 Å². The van der Waals surface area contributed by atoms with Gasteiger partial charge in [-0.15, -0.1) is 0 Å². The molecule has 0 aromatic carbocycles. The highest BCUT2D eigenvalue weighted by Gasteiger charge is 2.26. The van der Waals surface area contributed by atoms with Crippen LogP contribution in [0.25, 0.3) is 0 Å². The van der Waals surface area contributed by atoms with Crippen LogP contribution >= 0.6 is 0 Å². The van der Waals surface area contributed by atoms with Crippen molar-refractivity contribution < 1.29 is 4.79 Å². The zero-order valence-corrected chi connectivity index (χ0v) is 12.2. The summed E-state index contributed by atoms with van der Waals surface area (Å²) in [6.45, 7) is 5.26. The summed E-state index contributed by atoms with van der Waals surface area (Å²) in [7, 11) is 0. The lowest BCUT2D eigenvalue weighted by molar-refractivity contribution is -0.118. The maximum absolute atomic E-state index is 11.1. The molecule has 0 N–H and O–H groups in total. The van der Waals surface area contributed by atoms with Crippen molar-refractivity contribution in [2.45, 2.75) is 45.1 Å². The molecule has 20 heavy (non-hydrogen) atoms. The molecule has 2 fully saturated rings. The van der Waals surface area contributed by atoms with Crippen molar-refractivity contribution in [2.75, 3.05) is 24.5 Å². The predicted octanol–water partition coefficient (Wildman–Crippen LogP) is 2.67. The number of likely N-dealkylation sites (tertiary alicyclic amines) is 1. The number of hydrogen-bond donors (Lipinski definition) is 0. The van der Waals surface area contributed by atoms with E-state index in [0.717, 1.165) is 44.7 Å². The molecule has 1 atom stereocenters. The standard InChI is InChI=1S/C16H23N3O/c1-13-10-16(18-7-3-2-4-8-18)17-11-14(13)15-6-5-9-19(15)12-20/h10-12,15H,2-9H2,1H3. The van der Waals surface area contributed by atoms with Crippen LogP contribution in [0.15, 0.2) is 12.3 Å². The Hall–Kier alpha value is -1.58. The largest absolute Gasteiger partial charge is 0.357 e. The SMILES string of the molecule is Cc1cc(N2CCCCC2)ncc1C1CCCN1C=O. The summed E-state index contributed by atoms with van der Waals surface area (Å²) in [6, 6.07) is 2.43. The van der Waals surface area contributed by atoms with E-state index in [1.807, 2.05) is 11.1 Å². The van der Waals surface area contributed by atoms with Gasteiger partial charge in [0.1, 0.15) is 5.82 Å². The second-order valence-corrected chi connectivity index (χ2v) is 5.95. The number of amides is 1. The molecule has 2 aliphatic rings. The summed E-state index contributed by atoms with van der Waals surface area (Å²) < 4.78 is 0. The molecule has 1 aromatic heterocycles. The number of hydrogen-bond acceptors (Lipinski definition) is 3. The summed E-state index contributed by atoms with van der Waals surface area (Å²) in [4.78, 5) is 20.1. The zero-order chi connectivity index (χ0) is 13.9. The maximum Gasteiger partial charge on any atom is 0.210 e. The highest BCUT2D eigenvalue weighted by molar-refractivity contribution is 5.51. The van der Waals surface area contributed by atoms with Crippen LogP contribution in [0.3, 0.4) is 0 Å². The minimum atomic E-state index is 0.232. The number of anilines is 1. The van der Waals surface area contributed by atoms with Crippen LogP contribution in [0.2, 0.25) is 0 Å². The van der Waals surface area contributed by atoms with Gasteiger partial charge in [0.25, 0.3) is 0 Å². The molecular formula is C16H23N3O. The molecule has 1 amide bonds. The highest BCUT2D eigenvalue weighted by Crippen LogP contribution is 2.33. The topological polar surface area (TPSA) is 36.4 Å². The van der Waals surface area contributed by atoms with E-state index in [-0.39, 0.29) is 6.04 Å². The summed E-state index contributed by atoms with van der Waals surface area (Å²) in [5.41, 5.74) is 2.48. The molecule has 2 aliphatic heterocycles. The summed E-state index contributed by atoms with van der Waals surface area (Å²) >= 11 is 0. The van der Waals surface area contributed by atoms with E-state index >= 15 is 0 Å². The average Bonchev–Trinajstić information content (AvgIpc) is 2.96. The number of piperidine rings is 1. The molecule has 0 spiro atoms. The van der Waals surface area contributed by atoms with Crippen LogP contribution in [0.5, 0.6) is 0 Å². The van der Waals surface area contributed by atoms with Crippen LogP contribution in [0.1, 0.15) is 49.3 Å². The van der Waals surface area contributed by atoms with E-state index in [2.05, 4.69) is 22.9 Å². The second kappa shape index (κ2) is 5.81. The van der Waals surface area contributed by atoms with Crippen molar-refractivity contribution in [2.24, 2.45) is 0 Å². The summed E-state index contributed by atoms with van der Waals surface area (Å²) in [5.74, 6) is 1.10. The Labute approximate surface area is 120 Å². The average molecular weight is 273 g/mol. The fraction of sp³-hybridized carbons (Fsp3) is 0.625. The van der Waals surface area contributed by atoms with E-state index in [9.17, 15) is 4.79 Å². The lowest BCUT2D eigenvalue weighted by Crippen LogP contribution is -2.30. The second-order valence-electron chi connectivity index (χ2n) is 5.95. The normalized spacial score (nSPS) is 23.1. The molecule has 1 unspecified atom stereocenters. The van der Waals surface area contributed by atoms with Crippen LogP contribution in [0, 0.1) is 6.92 Å². The van der Waals surface area contributed by atoms with Crippen molar-refractivity contribution in [1.29, 1.82) is 0 Å². The number of carbonyl (C=O) groups is 1. The molecule has 0 aliphatic carbocycles. The smallest absolute Gasteiger partial charge is 0.210 e. The lowest BCUT2D eigenvalue weighted by atomic mass is 10.0. The first kappa shape index (κ1) is 13.4. The molecule has 1 aromatic rings. The van der Waals surface area contributed by atoms with Gasteiger partial charge in [-0.1, -0.05) is 0 Å². The van der Waals surface area contributed by atoms with Crippen molar-refractivity contribution >= 4 is 12.2 Å². The molecule has 3 rings (SSSR count). The fourth-order valence-corrected chi connectivity index (χ4v) is 3.45. The number of rotatable bonds is 3. The Morgan fingerprint density at radius 2 is 2.00 bits per heavy atom. The summed E-state index contributed by atoms with van der Waals surface area (Å²) in [5, 5.41) is 0. The first-order valence-electron chi connectivity index (χ1n) is 7.72. The van der Waals surface area contributed by atoms with E-state index in [0.29, 0.717) is 0 Å². The lowest BCUT2D eigenvalue weighted by Gasteiger charge is -2.29. The van der Waals surface area contributed by atoms with Crippen LogP contribution < -0.4 is 4.90 Å². The van der Waals surface area contributed by atoms with Gasteiger partial charge in [0.2, 0.25) is 6.41 Å². The Morgan fingerprint density at radius 3 is 2.70 bits per heavy atom. The molecule has 2 saturated heterocycles. The molecular weight excluding hydrogens is 250 g/mol. The van der Waals surface area contributed by atoms with Gasteiger partial charge in [0, 0.05) is 25.8 Å². The Balaban J connectivity index is 1.81. The monoisotopic (exact) mass is 273 g/mol. The molecule has 0 bridgehead atoms. The van der Waals surface area contributed by atoms with Crippen LogP contribution in [0.4, 0.5) is 5.82 Å². The minimum Gasteiger partial charge on any atom is -0.357 e. The van der Waals surface area contributed by atoms with Gasteiger partial charge in [-0.25, -0.2) is 4.98 Å². The van der Waals surface area contributed by atoms with Crippen molar-refractivity contribution in [1.82, 2.24) is 9.88 Å². The van der Waals surface area contributed by atoms with E-state index in [4.69, 9.17) is 0 Å². The molecule has 4 nitrogen and oxygen atoms in total. The van der Waals surface area contributed by atoms with E-state index < -0.39 is 0 Å². The fourth-order valence-electron chi connectivity index (χ4n) is 3.45. The van der Waals surface area contributed by atoms with Gasteiger partial charge in [-0.3, -0.25) is 4.79 Å². The predicted molar refractivity (Wildman–Crippen MR) is 79.8 cm³/mol. The number of aryl methyl sites for hydroxylation is 1. The molecule has 108 valence electrons. The third kappa shape index (κ3) is 2.51. The number of pyridine rings is 1. The first-order chi connectivity index (χ1) is 9.79. The molecule has 4 heteroatoms. The number of carbonyl (C=O) groups excluding carboxylic acids is 1. The summed E-state index contributed by atoms with van der Waals surface area (Å²) in [6.07, 6.45) is 9.00. The van der Waals surface area contributed by atoms with Crippen molar-refractivity contribution in [3.63, 3.8) is 0 Å². The Morgan fingerprint density at radius 1 is 1.20 bits per heavy atom. The zero-order valence-electron chi connectivity index (χ0n) is 12.2. The Bertz CT molecular complexity index is 483. The third-order valence-electron chi connectivity index (χ3n) is 4.61. The quantitative estimate of drug-likeness (QED) is 0.794. The van der Waals surface area contributed by atoms with Crippen LogP contribution in [-0.4, -0.2) is 35.9 Å². The van der Waals surface area contributed by atoms with Gasteiger partial charge >= 0.3 is 0 Å². The molecule has 0 radical (unpaired) electrons. The van der Waals surface area contributed by atoms with Crippen LogP contribution in [-0.2, 0) is 4.79 Å². The van der Waals surface area contributed by atoms with Gasteiger partial charge in [-0.05, 0) is 56.2 Å². The van der Waals surface area contributed by atoms with Crippen molar-refractivity contribution in [3.05, 3.63) is 23.4 Å². The minimum absolute atomic E-state index is 0.232. The number of aromatic nitrogens is 1. The van der Waals surface area contributed by atoms with Gasteiger partial charge in [-0.2, -0.15) is 0 Å². The maximum atomic E-state index is 11.1. The van der Waals surface area contributed by atoms with Gasteiger partial charge in [0.05, 0.1) is 6.04 Å². The number of nitrogens with zero attached hydrogens (tertiary/aromatic N) is 3. The first-order valence-corrected chi connectivity index (χ1v) is 7.72. The van der Waals surface area contributed by atoms with E-state index in [1.54, 1.807) is 0 Å². The third-order valence-corrected chi connectivity index (χ3v) is 4.61. The van der Waals surface area contributed by atoms with Crippen molar-refractivity contribution in [3.8, 4) is 0 Å².